The summed E-state index contributed by atoms with van der Waals surface area (Å²) in [5, 5.41) is 8.17. The lowest BCUT2D eigenvalue weighted by atomic mass is 10.1. The van der Waals surface area contributed by atoms with Crippen molar-refractivity contribution in [2.45, 2.75) is 0 Å². The minimum absolute atomic E-state index is 0.359. The number of urea groups is 1. The van der Waals surface area contributed by atoms with Crippen molar-refractivity contribution in [2.75, 3.05) is 17.7 Å². The number of fused-ring (bicyclic) bond motifs is 1. The van der Waals surface area contributed by atoms with E-state index < -0.39 is 0 Å². The molecule has 0 radical (unpaired) electrons. The quantitative estimate of drug-likeness (QED) is 0.699. The van der Waals surface area contributed by atoms with E-state index in [0.717, 1.165) is 16.5 Å². The molecule has 3 aromatic rings. The van der Waals surface area contributed by atoms with Gasteiger partial charge in [0.1, 0.15) is 5.75 Å². The number of amides is 2. The minimum atomic E-state index is -0.359. The van der Waals surface area contributed by atoms with Gasteiger partial charge in [-0.2, -0.15) is 0 Å². The van der Waals surface area contributed by atoms with Crippen LogP contribution in [0.25, 0.3) is 10.8 Å². The molecule has 0 saturated carbocycles. The predicted molar refractivity (Wildman–Crippen MR) is 94.6 cm³/mol. The van der Waals surface area contributed by atoms with Crippen LogP contribution in [0.2, 0.25) is 5.02 Å². The maximum Gasteiger partial charge on any atom is 0.323 e. The first-order valence-electron chi connectivity index (χ1n) is 7.06. The number of benzene rings is 3. The van der Waals surface area contributed by atoms with Crippen molar-refractivity contribution >= 4 is 39.8 Å². The van der Waals surface area contributed by atoms with Gasteiger partial charge in [-0.3, -0.25) is 0 Å². The molecule has 0 bridgehead atoms. The van der Waals surface area contributed by atoms with Crippen LogP contribution in [0, 0.1) is 0 Å². The van der Waals surface area contributed by atoms with E-state index in [-0.39, 0.29) is 6.03 Å². The monoisotopic (exact) mass is 326 g/mol. The average molecular weight is 327 g/mol. The molecule has 3 aromatic carbocycles. The summed E-state index contributed by atoms with van der Waals surface area (Å²) in [6.07, 6.45) is 0. The van der Waals surface area contributed by atoms with Crippen LogP contribution in [0.1, 0.15) is 0 Å². The van der Waals surface area contributed by atoms with Crippen molar-refractivity contribution in [1.82, 2.24) is 0 Å². The Morgan fingerprint density at radius 2 is 1.70 bits per heavy atom. The molecule has 0 spiro atoms. The van der Waals surface area contributed by atoms with E-state index in [1.54, 1.807) is 18.2 Å². The van der Waals surface area contributed by atoms with Crippen LogP contribution in [-0.4, -0.2) is 13.1 Å². The van der Waals surface area contributed by atoms with Crippen LogP contribution in [0.5, 0.6) is 5.75 Å². The number of hydrogen-bond donors (Lipinski definition) is 2. The molecule has 0 aromatic heterocycles. The van der Waals surface area contributed by atoms with Gasteiger partial charge in [0.15, 0.2) is 0 Å². The topological polar surface area (TPSA) is 50.4 Å². The van der Waals surface area contributed by atoms with Gasteiger partial charge in [0, 0.05) is 10.4 Å². The number of carbonyl (C=O) groups excluding carboxylic acids is 1. The number of nitrogens with one attached hydrogen (secondary N) is 2. The highest BCUT2D eigenvalue weighted by atomic mass is 35.5. The molecule has 2 N–H and O–H groups in total. The Labute approximate surface area is 139 Å². The van der Waals surface area contributed by atoms with E-state index in [2.05, 4.69) is 10.6 Å². The Kier molecular flexibility index (Phi) is 4.35. The molecule has 0 fully saturated rings. The van der Waals surface area contributed by atoms with Crippen molar-refractivity contribution in [3.8, 4) is 5.75 Å². The van der Waals surface area contributed by atoms with E-state index in [0.29, 0.717) is 16.5 Å². The van der Waals surface area contributed by atoms with Crippen LogP contribution in [0.15, 0.2) is 60.7 Å². The maximum absolute atomic E-state index is 12.3. The molecule has 0 atom stereocenters. The van der Waals surface area contributed by atoms with Gasteiger partial charge in [-0.15, -0.1) is 0 Å². The molecule has 5 heteroatoms. The Morgan fingerprint density at radius 3 is 2.52 bits per heavy atom. The van der Waals surface area contributed by atoms with Gasteiger partial charge >= 0.3 is 6.03 Å². The van der Waals surface area contributed by atoms with E-state index in [1.165, 1.54) is 7.11 Å². The van der Waals surface area contributed by atoms with Crippen LogP contribution in [0.3, 0.4) is 0 Å². The molecule has 3 rings (SSSR count). The Morgan fingerprint density at radius 1 is 0.957 bits per heavy atom. The van der Waals surface area contributed by atoms with Gasteiger partial charge in [-0.1, -0.05) is 48.0 Å². The summed E-state index contributed by atoms with van der Waals surface area (Å²) in [7, 11) is 1.54. The van der Waals surface area contributed by atoms with Crippen LogP contribution < -0.4 is 15.4 Å². The largest absolute Gasteiger partial charge is 0.495 e. The molecule has 0 heterocycles. The Hall–Kier alpha value is -2.72. The van der Waals surface area contributed by atoms with Gasteiger partial charge < -0.3 is 15.4 Å². The number of rotatable bonds is 3. The van der Waals surface area contributed by atoms with Crippen molar-refractivity contribution in [1.29, 1.82) is 0 Å². The fourth-order valence-corrected chi connectivity index (χ4v) is 2.56. The molecule has 116 valence electrons. The number of ether oxygens (including phenoxy) is 1. The number of halogens is 1. The van der Waals surface area contributed by atoms with E-state index in [9.17, 15) is 4.79 Å². The fourth-order valence-electron chi connectivity index (χ4n) is 2.39. The summed E-state index contributed by atoms with van der Waals surface area (Å²) < 4.78 is 5.22. The normalized spacial score (nSPS) is 10.3. The smallest absolute Gasteiger partial charge is 0.323 e. The van der Waals surface area contributed by atoms with Crippen LogP contribution in [0.4, 0.5) is 16.2 Å². The third-order valence-electron chi connectivity index (χ3n) is 3.45. The SMILES string of the molecule is COc1ccc(Cl)cc1NC(=O)Nc1cccc2ccccc12. The summed E-state index contributed by atoms with van der Waals surface area (Å²) in [6, 6.07) is 18.3. The number of carbonyl (C=O) groups is 1. The standard InChI is InChI=1S/C18H15ClN2O2/c1-23-17-10-9-13(19)11-16(17)21-18(22)20-15-8-4-6-12-5-2-3-7-14(12)15/h2-11H,1H3,(H2,20,21,22). The van der Waals surface area contributed by atoms with Gasteiger partial charge in [-0.05, 0) is 29.7 Å². The second kappa shape index (κ2) is 6.58. The number of hydrogen-bond acceptors (Lipinski definition) is 2. The highest BCUT2D eigenvalue weighted by Gasteiger charge is 2.09. The molecule has 0 aliphatic carbocycles. The molecule has 23 heavy (non-hydrogen) atoms. The molecule has 0 aliphatic heterocycles. The first-order valence-corrected chi connectivity index (χ1v) is 7.44. The highest BCUT2D eigenvalue weighted by Crippen LogP contribution is 2.28. The second-order valence-electron chi connectivity index (χ2n) is 4.95. The molecule has 0 unspecified atom stereocenters. The summed E-state index contributed by atoms with van der Waals surface area (Å²) >= 11 is 5.97. The van der Waals surface area contributed by atoms with Crippen LogP contribution in [-0.2, 0) is 0 Å². The predicted octanol–water partition coefficient (Wildman–Crippen LogP) is 5.15. The average Bonchev–Trinajstić information content (AvgIpc) is 2.55. The molecule has 0 aliphatic rings. The molecular weight excluding hydrogens is 312 g/mol. The van der Waals surface area contributed by atoms with Crippen molar-refractivity contribution in [2.24, 2.45) is 0 Å². The lowest BCUT2D eigenvalue weighted by molar-refractivity contribution is 0.262. The third kappa shape index (κ3) is 3.38. The number of methoxy groups -OCH3 is 1. The van der Waals surface area contributed by atoms with Gasteiger partial charge in [0.05, 0.1) is 18.5 Å². The summed E-state index contributed by atoms with van der Waals surface area (Å²) in [5.74, 6) is 0.544. The maximum atomic E-state index is 12.3. The minimum Gasteiger partial charge on any atom is -0.495 e. The molecular formula is C18H15ClN2O2. The first-order chi connectivity index (χ1) is 11.2. The fraction of sp³-hybridized carbons (Fsp3) is 0.0556. The lowest BCUT2D eigenvalue weighted by Crippen LogP contribution is -2.20. The lowest BCUT2D eigenvalue weighted by Gasteiger charge is -2.12. The zero-order chi connectivity index (χ0) is 16.2. The van der Waals surface area contributed by atoms with Crippen molar-refractivity contribution in [3.05, 3.63) is 65.7 Å². The van der Waals surface area contributed by atoms with Crippen molar-refractivity contribution in [3.63, 3.8) is 0 Å². The first kappa shape index (κ1) is 15.2. The van der Waals surface area contributed by atoms with Gasteiger partial charge in [0.25, 0.3) is 0 Å². The summed E-state index contributed by atoms with van der Waals surface area (Å²) in [5.41, 5.74) is 1.25. The number of anilines is 2. The summed E-state index contributed by atoms with van der Waals surface area (Å²) in [4.78, 5) is 12.3. The molecule has 4 nitrogen and oxygen atoms in total. The summed E-state index contributed by atoms with van der Waals surface area (Å²) in [6.45, 7) is 0. The second-order valence-corrected chi connectivity index (χ2v) is 5.39. The van der Waals surface area contributed by atoms with E-state index >= 15 is 0 Å². The Bertz CT molecular complexity index is 859. The molecule has 0 saturated heterocycles. The zero-order valence-corrected chi connectivity index (χ0v) is 13.2. The zero-order valence-electron chi connectivity index (χ0n) is 12.5. The molecule has 2 amide bonds. The van der Waals surface area contributed by atoms with Gasteiger partial charge in [-0.25, -0.2) is 4.79 Å². The highest BCUT2D eigenvalue weighted by molar-refractivity contribution is 6.31. The van der Waals surface area contributed by atoms with E-state index in [1.807, 2.05) is 42.5 Å². The van der Waals surface area contributed by atoms with E-state index in [4.69, 9.17) is 16.3 Å². The van der Waals surface area contributed by atoms with Gasteiger partial charge in [0.2, 0.25) is 0 Å². The van der Waals surface area contributed by atoms with Crippen LogP contribution >= 0.6 is 11.6 Å². The van der Waals surface area contributed by atoms with Crippen molar-refractivity contribution < 1.29 is 9.53 Å². The third-order valence-corrected chi connectivity index (χ3v) is 3.68. The Balaban J connectivity index is 1.83.